The van der Waals surface area contributed by atoms with Gasteiger partial charge in [0.25, 0.3) is 0 Å². The molecule has 4 nitrogen and oxygen atoms in total. The fraction of sp³-hybridized carbons (Fsp3) is 0.333. The molecule has 0 fully saturated rings. The van der Waals surface area contributed by atoms with Gasteiger partial charge < -0.3 is 10.6 Å². The van der Waals surface area contributed by atoms with Gasteiger partial charge in [0.15, 0.2) is 5.78 Å². The van der Waals surface area contributed by atoms with E-state index in [4.69, 9.17) is 0 Å². The standard InChI is InChI=1S/C24H30N2O2/c1-2-3-4-8-17-25-19-23(27)22-14-11-21(12-15-22)18-26-24(28)16-13-20-9-6-5-7-10-20/h5-7,9-16,25H,2-4,8,17-19H2,1H3,(H,26,28)/b16-13+. The van der Waals surface area contributed by atoms with Crippen LogP contribution in [0.4, 0.5) is 0 Å². The molecule has 0 aliphatic heterocycles. The summed E-state index contributed by atoms with van der Waals surface area (Å²) in [4.78, 5) is 24.1. The minimum absolute atomic E-state index is 0.0943. The number of unbranched alkanes of at least 4 members (excludes halogenated alkanes) is 3. The molecule has 0 spiro atoms. The number of carbonyl (C=O) groups excluding carboxylic acids is 2. The number of hydrogen-bond donors (Lipinski definition) is 2. The average Bonchev–Trinajstić information content (AvgIpc) is 2.74. The number of nitrogens with one attached hydrogen (secondary N) is 2. The molecule has 0 saturated carbocycles. The maximum absolute atomic E-state index is 12.2. The first kappa shape index (κ1) is 21.6. The smallest absolute Gasteiger partial charge is 0.244 e. The van der Waals surface area contributed by atoms with Gasteiger partial charge in [-0.15, -0.1) is 0 Å². The third kappa shape index (κ3) is 8.31. The van der Waals surface area contributed by atoms with E-state index in [1.165, 1.54) is 25.3 Å². The summed E-state index contributed by atoms with van der Waals surface area (Å²) >= 11 is 0. The number of benzene rings is 2. The van der Waals surface area contributed by atoms with Crippen molar-refractivity contribution in [3.05, 3.63) is 77.4 Å². The third-order valence-electron chi connectivity index (χ3n) is 4.46. The van der Waals surface area contributed by atoms with E-state index in [2.05, 4.69) is 17.6 Å². The first-order valence-corrected chi connectivity index (χ1v) is 10.0. The molecule has 0 radical (unpaired) electrons. The van der Waals surface area contributed by atoms with Crippen LogP contribution in [0, 0.1) is 0 Å². The van der Waals surface area contributed by atoms with Crippen LogP contribution in [-0.4, -0.2) is 24.8 Å². The van der Waals surface area contributed by atoms with Crippen molar-refractivity contribution in [2.24, 2.45) is 0 Å². The molecule has 2 aromatic rings. The highest BCUT2D eigenvalue weighted by molar-refractivity contribution is 5.97. The van der Waals surface area contributed by atoms with Crippen molar-refractivity contribution in [1.82, 2.24) is 10.6 Å². The maximum atomic E-state index is 12.2. The highest BCUT2D eigenvalue weighted by Gasteiger charge is 2.05. The number of amides is 1. The Kier molecular flexibility index (Phi) is 9.73. The van der Waals surface area contributed by atoms with E-state index in [9.17, 15) is 9.59 Å². The molecule has 4 heteroatoms. The third-order valence-corrected chi connectivity index (χ3v) is 4.46. The van der Waals surface area contributed by atoms with Gasteiger partial charge in [0.05, 0.1) is 6.54 Å². The van der Waals surface area contributed by atoms with E-state index in [1.807, 2.05) is 54.6 Å². The van der Waals surface area contributed by atoms with Crippen LogP contribution in [0.1, 0.15) is 54.1 Å². The van der Waals surface area contributed by atoms with Gasteiger partial charge in [-0.25, -0.2) is 0 Å². The fourth-order valence-electron chi connectivity index (χ4n) is 2.77. The number of rotatable bonds is 12. The monoisotopic (exact) mass is 378 g/mol. The molecule has 0 saturated heterocycles. The van der Waals surface area contributed by atoms with E-state index in [0.29, 0.717) is 18.7 Å². The summed E-state index contributed by atoms with van der Waals surface area (Å²) in [5.74, 6) is -0.0480. The van der Waals surface area contributed by atoms with Crippen molar-refractivity contribution in [1.29, 1.82) is 0 Å². The van der Waals surface area contributed by atoms with Crippen LogP contribution in [0.25, 0.3) is 6.08 Å². The number of carbonyl (C=O) groups is 2. The molecule has 0 unspecified atom stereocenters. The lowest BCUT2D eigenvalue weighted by Gasteiger charge is -2.06. The largest absolute Gasteiger partial charge is 0.348 e. The van der Waals surface area contributed by atoms with Crippen LogP contribution in [0.15, 0.2) is 60.7 Å². The van der Waals surface area contributed by atoms with E-state index < -0.39 is 0 Å². The molecule has 0 heterocycles. The average molecular weight is 379 g/mol. The number of hydrogen-bond acceptors (Lipinski definition) is 3. The Bertz CT molecular complexity index is 752. The second kappa shape index (κ2) is 12.6. The summed E-state index contributed by atoms with van der Waals surface area (Å²) in [6.07, 6.45) is 8.09. The lowest BCUT2D eigenvalue weighted by molar-refractivity contribution is -0.116. The van der Waals surface area contributed by atoms with Gasteiger partial charge in [-0.05, 0) is 30.2 Å². The van der Waals surface area contributed by atoms with Gasteiger partial charge in [-0.1, -0.05) is 80.8 Å². The van der Waals surface area contributed by atoms with Gasteiger partial charge in [-0.3, -0.25) is 9.59 Å². The first-order valence-electron chi connectivity index (χ1n) is 10.0. The summed E-state index contributed by atoms with van der Waals surface area (Å²) in [6, 6.07) is 17.1. The number of ketones is 1. The van der Waals surface area contributed by atoms with Gasteiger partial charge in [-0.2, -0.15) is 0 Å². The van der Waals surface area contributed by atoms with E-state index >= 15 is 0 Å². The Morgan fingerprint density at radius 3 is 2.39 bits per heavy atom. The van der Waals surface area contributed by atoms with Gasteiger partial charge in [0.1, 0.15) is 0 Å². The Morgan fingerprint density at radius 2 is 1.68 bits per heavy atom. The summed E-state index contributed by atoms with van der Waals surface area (Å²) in [6.45, 7) is 3.87. The molecular formula is C24H30N2O2. The van der Waals surface area contributed by atoms with Crippen LogP contribution in [0.5, 0.6) is 0 Å². The van der Waals surface area contributed by atoms with E-state index in [0.717, 1.165) is 24.1 Å². The molecule has 0 bridgehead atoms. The summed E-state index contributed by atoms with van der Waals surface area (Å²) < 4.78 is 0. The molecule has 2 N–H and O–H groups in total. The summed E-state index contributed by atoms with van der Waals surface area (Å²) in [7, 11) is 0. The lowest BCUT2D eigenvalue weighted by atomic mass is 10.1. The quantitative estimate of drug-likeness (QED) is 0.328. The molecule has 0 atom stereocenters. The highest BCUT2D eigenvalue weighted by atomic mass is 16.1. The molecule has 0 aliphatic rings. The second-order valence-corrected chi connectivity index (χ2v) is 6.82. The minimum atomic E-state index is -0.142. The highest BCUT2D eigenvalue weighted by Crippen LogP contribution is 2.06. The van der Waals surface area contributed by atoms with E-state index in [-0.39, 0.29) is 11.7 Å². The van der Waals surface area contributed by atoms with Crippen molar-refractivity contribution < 1.29 is 9.59 Å². The second-order valence-electron chi connectivity index (χ2n) is 6.82. The zero-order valence-electron chi connectivity index (χ0n) is 16.6. The predicted molar refractivity (Wildman–Crippen MR) is 115 cm³/mol. The van der Waals surface area contributed by atoms with Gasteiger partial charge in [0.2, 0.25) is 5.91 Å². The van der Waals surface area contributed by atoms with Crippen LogP contribution < -0.4 is 10.6 Å². The molecular weight excluding hydrogens is 348 g/mol. The molecule has 2 rings (SSSR count). The maximum Gasteiger partial charge on any atom is 0.244 e. The molecule has 0 aromatic heterocycles. The van der Waals surface area contributed by atoms with Gasteiger partial charge >= 0.3 is 0 Å². The summed E-state index contributed by atoms with van der Waals surface area (Å²) in [5.41, 5.74) is 2.64. The Balaban J connectivity index is 1.71. The van der Waals surface area contributed by atoms with Crippen molar-refractivity contribution in [3.63, 3.8) is 0 Å². The topological polar surface area (TPSA) is 58.2 Å². The number of Topliss-reactive ketones (excluding diaryl/α,β-unsaturated/α-hetero) is 1. The molecule has 148 valence electrons. The SMILES string of the molecule is CCCCCCNCC(=O)c1ccc(CNC(=O)/C=C/c2ccccc2)cc1. The molecule has 0 aliphatic carbocycles. The molecule has 28 heavy (non-hydrogen) atoms. The Hall–Kier alpha value is -2.72. The Labute approximate surface area is 168 Å². The predicted octanol–water partition coefficient (Wildman–Crippen LogP) is 4.37. The van der Waals surface area contributed by atoms with Crippen LogP contribution in [-0.2, 0) is 11.3 Å². The molecule has 1 amide bonds. The van der Waals surface area contributed by atoms with Crippen molar-refractivity contribution in [2.75, 3.05) is 13.1 Å². The van der Waals surface area contributed by atoms with Crippen LogP contribution >= 0.6 is 0 Å². The van der Waals surface area contributed by atoms with Crippen molar-refractivity contribution in [3.8, 4) is 0 Å². The first-order chi connectivity index (χ1) is 13.7. The van der Waals surface area contributed by atoms with Crippen molar-refractivity contribution in [2.45, 2.75) is 39.2 Å². The minimum Gasteiger partial charge on any atom is -0.348 e. The van der Waals surface area contributed by atoms with Crippen LogP contribution in [0.3, 0.4) is 0 Å². The lowest BCUT2D eigenvalue weighted by Crippen LogP contribution is -2.24. The van der Waals surface area contributed by atoms with Crippen LogP contribution in [0.2, 0.25) is 0 Å². The zero-order chi connectivity index (χ0) is 20.0. The molecule has 2 aromatic carbocycles. The fourth-order valence-corrected chi connectivity index (χ4v) is 2.77. The van der Waals surface area contributed by atoms with Crippen molar-refractivity contribution >= 4 is 17.8 Å². The Morgan fingerprint density at radius 1 is 0.929 bits per heavy atom. The normalized spacial score (nSPS) is 10.9. The van der Waals surface area contributed by atoms with E-state index in [1.54, 1.807) is 6.08 Å². The van der Waals surface area contributed by atoms with Gasteiger partial charge in [0, 0.05) is 18.2 Å². The summed E-state index contributed by atoms with van der Waals surface area (Å²) in [5, 5.41) is 6.06. The zero-order valence-corrected chi connectivity index (χ0v) is 16.6.